The molecular weight excluding hydrogens is 236 g/mol. The molecule has 1 aromatic heterocycles. The standard InChI is InChI=1S/C11H16N4OS/c1-7-8(3-5-16-7)6-13-11-9(10(12)17)2-4-14-15-11/h2,4,7-8H,3,5-6H2,1H3,(H2,12,17)(H,13,15). The normalized spacial score (nSPS) is 23.6. The lowest BCUT2D eigenvalue weighted by atomic mass is 10.0. The summed E-state index contributed by atoms with van der Waals surface area (Å²) < 4.78 is 5.51. The number of aromatic nitrogens is 2. The molecule has 0 aromatic carbocycles. The summed E-state index contributed by atoms with van der Waals surface area (Å²) in [6.07, 6.45) is 2.94. The monoisotopic (exact) mass is 252 g/mol. The molecule has 0 saturated carbocycles. The predicted molar refractivity (Wildman–Crippen MR) is 69.9 cm³/mol. The number of ether oxygens (including phenoxy) is 1. The molecule has 0 bridgehead atoms. The first-order valence-corrected chi connectivity index (χ1v) is 6.06. The van der Waals surface area contributed by atoms with Gasteiger partial charge in [-0.15, -0.1) is 5.10 Å². The van der Waals surface area contributed by atoms with Gasteiger partial charge in [0.25, 0.3) is 0 Å². The Labute approximate surface area is 106 Å². The van der Waals surface area contributed by atoms with Gasteiger partial charge < -0.3 is 15.8 Å². The maximum absolute atomic E-state index is 5.62. The van der Waals surface area contributed by atoms with Crippen LogP contribution in [-0.2, 0) is 4.74 Å². The summed E-state index contributed by atoms with van der Waals surface area (Å²) in [5.74, 6) is 1.15. The van der Waals surface area contributed by atoms with Gasteiger partial charge in [-0.1, -0.05) is 12.2 Å². The summed E-state index contributed by atoms with van der Waals surface area (Å²) >= 11 is 4.97. The fraction of sp³-hybridized carbons (Fsp3) is 0.545. The number of nitrogens with two attached hydrogens (primary N) is 1. The van der Waals surface area contributed by atoms with Crippen molar-refractivity contribution in [3.8, 4) is 0 Å². The van der Waals surface area contributed by atoms with Gasteiger partial charge in [0, 0.05) is 19.1 Å². The molecule has 92 valence electrons. The molecule has 1 saturated heterocycles. The quantitative estimate of drug-likeness (QED) is 0.777. The second kappa shape index (κ2) is 5.37. The Kier molecular flexibility index (Phi) is 3.86. The van der Waals surface area contributed by atoms with Crippen LogP contribution in [0.1, 0.15) is 18.9 Å². The first kappa shape index (κ1) is 12.2. The number of rotatable bonds is 4. The van der Waals surface area contributed by atoms with Crippen LogP contribution in [0.4, 0.5) is 5.82 Å². The highest BCUT2D eigenvalue weighted by Crippen LogP contribution is 2.21. The summed E-state index contributed by atoms with van der Waals surface area (Å²) in [6, 6.07) is 1.77. The Hall–Kier alpha value is -1.27. The smallest absolute Gasteiger partial charge is 0.158 e. The minimum absolute atomic E-state index is 0.285. The first-order valence-electron chi connectivity index (χ1n) is 5.65. The summed E-state index contributed by atoms with van der Waals surface area (Å²) in [4.78, 5) is 0.332. The van der Waals surface area contributed by atoms with Crippen LogP contribution in [0.15, 0.2) is 12.3 Å². The minimum Gasteiger partial charge on any atom is -0.389 e. The van der Waals surface area contributed by atoms with Gasteiger partial charge in [0.15, 0.2) is 5.82 Å². The van der Waals surface area contributed by atoms with Gasteiger partial charge >= 0.3 is 0 Å². The molecule has 1 aliphatic rings. The fourth-order valence-electron chi connectivity index (χ4n) is 1.93. The maximum Gasteiger partial charge on any atom is 0.158 e. The van der Waals surface area contributed by atoms with E-state index >= 15 is 0 Å². The molecule has 2 heterocycles. The lowest BCUT2D eigenvalue weighted by molar-refractivity contribution is 0.108. The summed E-state index contributed by atoms with van der Waals surface area (Å²) in [6.45, 7) is 3.72. The average Bonchev–Trinajstić information content (AvgIpc) is 2.72. The average molecular weight is 252 g/mol. The second-order valence-corrected chi connectivity index (χ2v) is 4.60. The van der Waals surface area contributed by atoms with E-state index in [9.17, 15) is 0 Å². The van der Waals surface area contributed by atoms with Gasteiger partial charge in [-0.25, -0.2) is 0 Å². The molecule has 2 rings (SSSR count). The van der Waals surface area contributed by atoms with E-state index in [4.69, 9.17) is 22.7 Å². The van der Waals surface area contributed by atoms with Crippen LogP contribution in [-0.4, -0.2) is 34.4 Å². The van der Waals surface area contributed by atoms with Crippen LogP contribution in [0.3, 0.4) is 0 Å². The summed E-state index contributed by atoms with van der Waals surface area (Å²) in [7, 11) is 0. The molecule has 0 amide bonds. The molecule has 2 unspecified atom stereocenters. The minimum atomic E-state index is 0.285. The van der Waals surface area contributed by atoms with Crippen molar-refractivity contribution in [2.24, 2.45) is 11.7 Å². The molecule has 1 fully saturated rings. The molecule has 0 spiro atoms. The number of nitrogens with zero attached hydrogens (tertiary/aromatic N) is 2. The Balaban J connectivity index is 2.01. The highest BCUT2D eigenvalue weighted by atomic mass is 32.1. The summed E-state index contributed by atoms with van der Waals surface area (Å²) in [5.41, 5.74) is 6.36. The van der Waals surface area contributed by atoms with Gasteiger partial charge in [-0.3, -0.25) is 0 Å². The van der Waals surface area contributed by atoms with Crippen molar-refractivity contribution >= 4 is 23.0 Å². The number of hydrogen-bond donors (Lipinski definition) is 2. The van der Waals surface area contributed by atoms with E-state index in [1.807, 2.05) is 0 Å². The fourth-order valence-corrected chi connectivity index (χ4v) is 2.10. The van der Waals surface area contributed by atoms with Crippen molar-refractivity contribution in [1.82, 2.24) is 10.2 Å². The van der Waals surface area contributed by atoms with Gasteiger partial charge in [-0.05, 0) is 19.4 Å². The van der Waals surface area contributed by atoms with Crippen LogP contribution in [0.5, 0.6) is 0 Å². The Morgan fingerprint density at radius 1 is 1.71 bits per heavy atom. The number of hydrogen-bond acceptors (Lipinski definition) is 5. The van der Waals surface area contributed by atoms with Crippen LogP contribution in [0.2, 0.25) is 0 Å². The Morgan fingerprint density at radius 3 is 3.18 bits per heavy atom. The predicted octanol–water partition coefficient (Wildman–Crippen LogP) is 0.948. The maximum atomic E-state index is 5.62. The highest BCUT2D eigenvalue weighted by Gasteiger charge is 2.24. The molecule has 1 aromatic rings. The largest absolute Gasteiger partial charge is 0.389 e. The zero-order chi connectivity index (χ0) is 12.3. The molecule has 5 nitrogen and oxygen atoms in total. The topological polar surface area (TPSA) is 73.1 Å². The molecule has 0 radical (unpaired) electrons. The van der Waals surface area contributed by atoms with E-state index in [1.165, 1.54) is 0 Å². The molecule has 2 atom stereocenters. The lowest BCUT2D eigenvalue weighted by Crippen LogP contribution is -2.23. The third-order valence-corrected chi connectivity index (χ3v) is 3.27. The first-order chi connectivity index (χ1) is 8.18. The van der Waals surface area contributed by atoms with Crippen LogP contribution in [0.25, 0.3) is 0 Å². The Morgan fingerprint density at radius 2 is 2.53 bits per heavy atom. The van der Waals surface area contributed by atoms with Gasteiger partial charge in [-0.2, -0.15) is 5.10 Å². The van der Waals surface area contributed by atoms with Crippen molar-refractivity contribution in [2.45, 2.75) is 19.4 Å². The van der Waals surface area contributed by atoms with E-state index in [-0.39, 0.29) is 6.10 Å². The SMILES string of the molecule is CC1OCCC1CNc1nnccc1C(N)=S. The van der Waals surface area contributed by atoms with E-state index in [1.54, 1.807) is 12.3 Å². The van der Waals surface area contributed by atoms with Crippen LogP contribution < -0.4 is 11.1 Å². The van der Waals surface area contributed by atoms with Crippen molar-refractivity contribution in [1.29, 1.82) is 0 Å². The molecule has 17 heavy (non-hydrogen) atoms. The van der Waals surface area contributed by atoms with Crippen molar-refractivity contribution < 1.29 is 4.74 Å². The van der Waals surface area contributed by atoms with E-state index < -0.39 is 0 Å². The zero-order valence-corrected chi connectivity index (χ0v) is 10.5. The van der Waals surface area contributed by atoms with Crippen molar-refractivity contribution in [3.05, 3.63) is 17.8 Å². The molecular formula is C11H16N4OS. The van der Waals surface area contributed by atoms with Crippen molar-refractivity contribution in [3.63, 3.8) is 0 Å². The number of anilines is 1. The van der Waals surface area contributed by atoms with Gasteiger partial charge in [0.05, 0.1) is 17.9 Å². The molecule has 3 N–H and O–H groups in total. The van der Waals surface area contributed by atoms with E-state index in [2.05, 4.69) is 22.4 Å². The third-order valence-electron chi connectivity index (χ3n) is 3.05. The third kappa shape index (κ3) is 2.89. The van der Waals surface area contributed by atoms with E-state index in [0.29, 0.717) is 16.7 Å². The molecule has 0 aliphatic carbocycles. The van der Waals surface area contributed by atoms with Gasteiger partial charge in [0.1, 0.15) is 4.99 Å². The zero-order valence-electron chi connectivity index (χ0n) is 9.72. The van der Waals surface area contributed by atoms with Gasteiger partial charge in [0.2, 0.25) is 0 Å². The Bertz CT molecular complexity index is 412. The van der Waals surface area contributed by atoms with E-state index in [0.717, 1.165) is 25.1 Å². The summed E-state index contributed by atoms with van der Waals surface area (Å²) in [5, 5.41) is 11.1. The number of thiocarbonyl (C=S) groups is 1. The lowest BCUT2D eigenvalue weighted by Gasteiger charge is -2.16. The number of nitrogens with one attached hydrogen (secondary N) is 1. The van der Waals surface area contributed by atoms with Crippen LogP contribution >= 0.6 is 12.2 Å². The molecule has 6 heteroatoms. The highest BCUT2D eigenvalue weighted by molar-refractivity contribution is 7.80. The van der Waals surface area contributed by atoms with Crippen LogP contribution in [0, 0.1) is 5.92 Å². The molecule has 1 aliphatic heterocycles. The van der Waals surface area contributed by atoms with Crippen molar-refractivity contribution in [2.75, 3.05) is 18.5 Å². The second-order valence-electron chi connectivity index (χ2n) is 4.16.